The van der Waals surface area contributed by atoms with Crippen LogP contribution < -0.4 is 15.4 Å². The van der Waals surface area contributed by atoms with E-state index in [1.54, 1.807) is 31.3 Å². The van der Waals surface area contributed by atoms with Gasteiger partial charge in [0.05, 0.1) is 22.9 Å². The summed E-state index contributed by atoms with van der Waals surface area (Å²) >= 11 is 6.40. The van der Waals surface area contributed by atoms with Gasteiger partial charge < -0.3 is 15.4 Å². The number of rotatable bonds is 9. The minimum atomic E-state index is -3.45. The van der Waals surface area contributed by atoms with Gasteiger partial charge in [-0.05, 0) is 100 Å². The molecule has 2 heterocycles. The molecule has 0 amide bonds. The van der Waals surface area contributed by atoms with Crippen molar-refractivity contribution < 1.29 is 13.2 Å². The number of nitrogens with zero attached hydrogens (tertiary/aromatic N) is 2. The lowest BCUT2D eigenvalue weighted by molar-refractivity contribution is 0.239. The molecule has 0 unspecified atom stereocenters. The van der Waals surface area contributed by atoms with E-state index in [0.717, 1.165) is 37.2 Å². The fourth-order valence-electron chi connectivity index (χ4n) is 5.12. The Balaban J connectivity index is 1.58. The van der Waals surface area contributed by atoms with Crippen LogP contribution in [0.4, 0.5) is 11.5 Å². The molecule has 7 nitrogen and oxygen atoms in total. The molecular weight excluding hydrogens is 520 g/mol. The maximum atomic E-state index is 12.4. The molecule has 1 aromatic heterocycles. The summed E-state index contributed by atoms with van der Waals surface area (Å²) in [5.74, 6) is 2.46. The van der Waals surface area contributed by atoms with E-state index in [2.05, 4.69) is 39.7 Å². The van der Waals surface area contributed by atoms with Crippen LogP contribution in [0.15, 0.2) is 41.4 Å². The van der Waals surface area contributed by atoms with E-state index in [9.17, 15) is 8.42 Å². The van der Waals surface area contributed by atoms with Crippen molar-refractivity contribution in [3.05, 3.63) is 69.6 Å². The topological polar surface area (TPSA) is 93.2 Å². The Bertz CT molecular complexity index is 1400. The Hall–Kier alpha value is -2.68. The fourth-order valence-corrected chi connectivity index (χ4v) is 6.43. The molecule has 2 aromatic carbocycles. The first-order chi connectivity index (χ1) is 18.0. The summed E-state index contributed by atoms with van der Waals surface area (Å²) in [7, 11) is -3.45. The zero-order valence-corrected chi connectivity index (χ0v) is 24.3. The van der Waals surface area contributed by atoms with Gasteiger partial charge in [-0.15, -0.1) is 0 Å². The third-order valence-corrected chi connectivity index (χ3v) is 8.40. The van der Waals surface area contributed by atoms with Gasteiger partial charge in [-0.25, -0.2) is 18.4 Å². The SMILES string of the molecule is Cc1cc(CCc2ncc(Cl)c(Nc3cccc(C)c3S(C)(=O)=O)n2)c(OC(C)C)cc1C1CCNCC1. The number of anilines is 2. The number of hydrogen-bond acceptors (Lipinski definition) is 7. The van der Waals surface area contributed by atoms with Gasteiger partial charge in [0.1, 0.15) is 16.6 Å². The monoisotopic (exact) mass is 556 g/mol. The number of piperidine rings is 1. The van der Waals surface area contributed by atoms with E-state index in [1.807, 2.05) is 13.8 Å². The second-order valence-electron chi connectivity index (χ2n) is 10.3. The van der Waals surface area contributed by atoms with Crippen molar-refractivity contribution in [3.63, 3.8) is 0 Å². The van der Waals surface area contributed by atoms with Crippen molar-refractivity contribution in [2.45, 2.75) is 70.3 Å². The Labute approximate surface area is 231 Å². The smallest absolute Gasteiger partial charge is 0.177 e. The molecular formula is C29H37ClN4O3S. The number of aromatic nitrogens is 2. The number of aryl methyl sites for hydroxylation is 4. The lowest BCUT2D eigenvalue weighted by Crippen LogP contribution is -2.27. The number of sulfone groups is 1. The number of benzene rings is 2. The standard InChI is InChI=1S/C29H37ClN4O3S/c1-18(2)37-26-16-23(21-11-13-31-14-12-21)20(4)15-22(26)9-10-27-32-17-24(30)29(34-27)33-25-8-6-7-19(3)28(25)38(5,35)36/h6-8,15-18,21,31H,9-14H2,1-5H3,(H,32,33,34). The molecule has 9 heteroatoms. The normalized spacial score (nSPS) is 14.6. The van der Waals surface area contributed by atoms with Crippen LogP contribution in [0.25, 0.3) is 0 Å². The van der Waals surface area contributed by atoms with Crippen LogP contribution in [0.5, 0.6) is 5.75 Å². The maximum absolute atomic E-state index is 12.4. The predicted molar refractivity (Wildman–Crippen MR) is 154 cm³/mol. The van der Waals surface area contributed by atoms with Crippen LogP contribution in [-0.2, 0) is 22.7 Å². The van der Waals surface area contributed by atoms with Gasteiger partial charge in [-0.1, -0.05) is 29.8 Å². The highest BCUT2D eigenvalue weighted by Gasteiger charge is 2.21. The highest BCUT2D eigenvalue weighted by Crippen LogP contribution is 2.34. The molecule has 0 bridgehead atoms. The van der Waals surface area contributed by atoms with Crippen molar-refractivity contribution >= 4 is 32.9 Å². The first kappa shape index (κ1) is 28.3. The molecule has 0 aliphatic carbocycles. The molecule has 2 N–H and O–H groups in total. The molecule has 38 heavy (non-hydrogen) atoms. The lowest BCUT2D eigenvalue weighted by atomic mass is 9.86. The zero-order valence-electron chi connectivity index (χ0n) is 22.8. The Morgan fingerprint density at radius 2 is 1.87 bits per heavy atom. The van der Waals surface area contributed by atoms with Crippen LogP contribution in [0.2, 0.25) is 5.02 Å². The van der Waals surface area contributed by atoms with E-state index in [4.69, 9.17) is 16.3 Å². The van der Waals surface area contributed by atoms with E-state index >= 15 is 0 Å². The summed E-state index contributed by atoms with van der Waals surface area (Å²) in [4.78, 5) is 9.31. The zero-order chi connectivity index (χ0) is 27.4. The molecule has 1 aliphatic heterocycles. The summed E-state index contributed by atoms with van der Waals surface area (Å²) < 4.78 is 31.1. The summed E-state index contributed by atoms with van der Waals surface area (Å²) in [5, 5.41) is 6.89. The average Bonchev–Trinajstić information content (AvgIpc) is 2.85. The molecule has 4 rings (SSSR count). The molecule has 1 saturated heterocycles. The molecule has 0 radical (unpaired) electrons. The largest absolute Gasteiger partial charge is 0.491 e. The van der Waals surface area contributed by atoms with E-state index in [0.29, 0.717) is 46.7 Å². The number of hydrogen-bond donors (Lipinski definition) is 2. The molecule has 204 valence electrons. The first-order valence-corrected chi connectivity index (χ1v) is 15.4. The summed E-state index contributed by atoms with van der Waals surface area (Å²) in [6, 6.07) is 9.76. The van der Waals surface area contributed by atoms with Crippen LogP contribution in [0, 0.1) is 13.8 Å². The Morgan fingerprint density at radius 3 is 2.55 bits per heavy atom. The molecule has 0 spiro atoms. The van der Waals surface area contributed by atoms with Gasteiger partial charge in [0.2, 0.25) is 0 Å². The highest BCUT2D eigenvalue weighted by atomic mass is 35.5. The summed E-state index contributed by atoms with van der Waals surface area (Å²) in [6.07, 6.45) is 6.38. The first-order valence-electron chi connectivity index (χ1n) is 13.1. The fraction of sp³-hybridized carbons (Fsp3) is 0.448. The van der Waals surface area contributed by atoms with Gasteiger partial charge in [-0.3, -0.25) is 0 Å². The van der Waals surface area contributed by atoms with Crippen molar-refractivity contribution in [1.82, 2.24) is 15.3 Å². The minimum absolute atomic E-state index is 0.0679. The van der Waals surface area contributed by atoms with Crippen LogP contribution in [0.3, 0.4) is 0 Å². The number of ether oxygens (including phenoxy) is 1. The minimum Gasteiger partial charge on any atom is -0.491 e. The summed E-state index contributed by atoms with van der Waals surface area (Å²) in [5.41, 5.74) is 4.88. The van der Waals surface area contributed by atoms with E-state index in [1.165, 1.54) is 17.4 Å². The third kappa shape index (κ3) is 6.84. The van der Waals surface area contributed by atoms with Crippen molar-refractivity contribution in [2.75, 3.05) is 24.7 Å². The van der Waals surface area contributed by atoms with Gasteiger partial charge in [0.25, 0.3) is 0 Å². The van der Waals surface area contributed by atoms with Gasteiger partial charge in [0.15, 0.2) is 15.7 Å². The maximum Gasteiger partial charge on any atom is 0.177 e. The van der Waals surface area contributed by atoms with Crippen molar-refractivity contribution in [3.8, 4) is 5.75 Å². The second kappa shape index (κ2) is 12.0. The quantitative estimate of drug-likeness (QED) is 0.337. The van der Waals surface area contributed by atoms with Crippen molar-refractivity contribution in [1.29, 1.82) is 0 Å². The van der Waals surface area contributed by atoms with Crippen molar-refractivity contribution in [2.24, 2.45) is 0 Å². The second-order valence-corrected chi connectivity index (χ2v) is 12.7. The number of nitrogens with one attached hydrogen (secondary N) is 2. The highest BCUT2D eigenvalue weighted by molar-refractivity contribution is 7.91. The molecule has 0 atom stereocenters. The third-order valence-electron chi connectivity index (χ3n) is 6.84. The van der Waals surface area contributed by atoms with Gasteiger partial charge >= 0.3 is 0 Å². The Kier molecular flexibility index (Phi) is 8.96. The summed E-state index contributed by atoms with van der Waals surface area (Å²) in [6.45, 7) is 10.1. The Morgan fingerprint density at radius 1 is 1.13 bits per heavy atom. The van der Waals surface area contributed by atoms with Gasteiger partial charge in [0, 0.05) is 12.7 Å². The van der Waals surface area contributed by atoms with Crippen LogP contribution >= 0.6 is 11.6 Å². The molecule has 1 aliphatic rings. The predicted octanol–water partition coefficient (Wildman–Crippen LogP) is 5.93. The average molecular weight is 557 g/mol. The number of halogens is 1. The molecule has 3 aromatic rings. The van der Waals surface area contributed by atoms with Crippen LogP contribution in [0.1, 0.15) is 60.7 Å². The lowest BCUT2D eigenvalue weighted by Gasteiger charge is -2.26. The van der Waals surface area contributed by atoms with Gasteiger partial charge in [-0.2, -0.15) is 0 Å². The molecule has 0 saturated carbocycles. The molecule has 1 fully saturated rings. The van der Waals surface area contributed by atoms with Crippen LogP contribution in [-0.4, -0.2) is 43.8 Å². The van der Waals surface area contributed by atoms with E-state index < -0.39 is 9.84 Å². The van der Waals surface area contributed by atoms with E-state index in [-0.39, 0.29) is 11.0 Å².